The van der Waals surface area contributed by atoms with Gasteiger partial charge in [-0.3, -0.25) is 0 Å². The van der Waals surface area contributed by atoms with E-state index >= 15 is 0 Å². The van der Waals surface area contributed by atoms with Crippen molar-refractivity contribution in [1.82, 2.24) is 28.7 Å². The average Bonchev–Trinajstić information content (AvgIpc) is 1.52. The molecule has 2 aliphatic heterocycles. The normalized spacial score (nSPS) is 12.5. The van der Waals surface area contributed by atoms with Crippen LogP contribution < -0.4 is 25.9 Å². The Morgan fingerprint density at radius 1 is 0.371 bits per heavy atom. The van der Waals surface area contributed by atoms with Crippen LogP contribution in [0.2, 0.25) is 0 Å². The molecule has 0 amide bonds. The third-order valence-corrected chi connectivity index (χ3v) is 19.4. The van der Waals surface area contributed by atoms with Crippen LogP contribution in [0.3, 0.4) is 0 Å². The third-order valence-electron chi connectivity index (χ3n) is 17.7. The fourth-order valence-corrected chi connectivity index (χ4v) is 15.0. The van der Waals surface area contributed by atoms with Gasteiger partial charge in [0.15, 0.2) is 17.5 Å². The van der Waals surface area contributed by atoms with E-state index in [0.29, 0.717) is 23.0 Å². The Morgan fingerprint density at radius 2 is 0.730 bits per heavy atom. The van der Waals surface area contributed by atoms with E-state index in [4.69, 9.17) is 24.4 Å². The van der Waals surface area contributed by atoms with Gasteiger partial charge in [-0.25, -0.2) is 23.4 Å². The lowest BCUT2D eigenvalue weighted by Gasteiger charge is -2.33. The summed E-state index contributed by atoms with van der Waals surface area (Å²) < 4.78 is 49.7. The van der Waals surface area contributed by atoms with Crippen LogP contribution in [0.25, 0.3) is 117 Å². The minimum Gasteiger partial charge on any atom is -0.458 e. The van der Waals surface area contributed by atoms with Crippen molar-refractivity contribution in [3.63, 3.8) is 0 Å². The molecule has 89 heavy (non-hydrogen) atoms. The van der Waals surface area contributed by atoms with Crippen molar-refractivity contribution in [3.05, 3.63) is 272 Å². The quantitative estimate of drug-likeness (QED) is 0.138. The minimum absolute atomic E-state index is 0.108. The summed E-state index contributed by atoms with van der Waals surface area (Å²) in [6, 6.07) is 90.5. The summed E-state index contributed by atoms with van der Waals surface area (Å²) in [6.45, 7) is -0.110. The van der Waals surface area contributed by atoms with Gasteiger partial charge in [0, 0.05) is 78.0 Å². The number of aromatic nitrogens is 6. The Balaban J connectivity index is 0.936. The monoisotopic (exact) mass is 1160 g/mol. The average molecular weight is 1160 g/mol. The van der Waals surface area contributed by atoms with E-state index < -0.39 is 9.84 Å². The van der Waals surface area contributed by atoms with E-state index in [2.05, 4.69) is 153 Å². The van der Waals surface area contributed by atoms with E-state index in [1.165, 1.54) is 24.3 Å². The molecular weight excluding hydrogens is 1120 g/mol. The topological polar surface area (TPSA) is 130 Å². The number of nitrogens with zero attached hydrogens (tertiary/aromatic N) is 7. The molecule has 0 unspecified atom stereocenters. The SMILES string of the molecule is N#Cc1ccc(S(=O)(=O)c2ccc(-n3c4ccccc4c4c3c3c5ccccc5n(-c5ccc(-c6nc(-c7ccccc7)nc(-c7ccccc7)n6)cc5)c3c3c5ccccc5n(-c5cc6c7c(c5)Oc5ccccc5B7c5ccccc5O6)c34)cc2)cc1. The summed E-state index contributed by atoms with van der Waals surface area (Å²) >= 11 is 0. The fraction of sp³-hybridized carbons (Fsp3) is 0. The van der Waals surface area contributed by atoms with Crippen LogP contribution in [0.4, 0.5) is 0 Å². The van der Waals surface area contributed by atoms with Gasteiger partial charge in [-0.15, -0.1) is 0 Å². The number of para-hydroxylation sites is 5. The van der Waals surface area contributed by atoms with Gasteiger partial charge in [0.1, 0.15) is 23.0 Å². The lowest BCUT2D eigenvalue weighted by molar-refractivity contribution is 0.464. The van der Waals surface area contributed by atoms with Crippen LogP contribution in [-0.2, 0) is 9.84 Å². The Hall–Kier alpha value is -11.8. The summed E-state index contributed by atoms with van der Waals surface area (Å²) in [5.74, 6) is 4.75. The summed E-state index contributed by atoms with van der Waals surface area (Å²) in [5.41, 5.74) is 14.5. The summed E-state index contributed by atoms with van der Waals surface area (Å²) in [7, 11) is -3.96. The maximum Gasteiger partial charge on any atom is 0.260 e. The molecule has 18 rings (SSSR count). The second kappa shape index (κ2) is 19.3. The Kier molecular flexibility index (Phi) is 11.0. The van der Waals surface area contributed by atoms with Crippen LogP contribution in [-0.4, -0.2) is 43.8 Å². The van der Waals surface area contributed by atoms with Crippen molar-refractivity contribution in [2.24, 2.45) is 0 Å². The summed E-state index contributed by atoms with van der Waals surface area (Å²) in [5, 5.41) is 15.6. The van der Waals surface area contributed by atoms with Crippen molar-refractivity contribution in [3.8, 4) is 80.3 Å². The minimum atomic E-state index is -3.96. The van der Waals surface area contributed by atoms with Crippen molar-refractivity contribution in [2.45, 2.75) is 9.79 Å². The zero-order valence-electron chi connectivity index (χ0n) is 47.2. The molecule has 0 radical (unpaired) electrons. The lowest BCUT2D eigenvalue weighted by atomic mass is 9.35. The fourth-order valence-electron chi connectivity index (χ4n) is 13.8. The molecule has 11 nitrogen and oxygen atoms in total. The Morgan fingerprint density at radius 3 is 1.17 bits per heavy atom. The molecule has 13 heteroatoms. The van der Waals surface area contributed by atoms with Crippen LogP contribution in [0, 0.1) is 11.3 Å². The molecule has 0 saturated carbocycles. The number of nitriles is 1. The van der Waals surface area contributed by atoms with Gasteiger partial charge in [-0.05, 0) is 114 Å². The molecule has 2 aliphatic rings. The van der Waals surface area contributed by atoms with Crippen LogP contribution in [0.1, 0.15) is 5.56 Å². The second-order valence-electron chi connectivity index (χ2n) is 22.5. The van der Waals surface area contributed by atoms with Crippen molar-refractivity contribution >= 4 is 98.4 Å². The van der Waals surface area contributed by atoms with Crippen molar-refractivity contribution < 1.29 is 17.9 Å². The maximum atomic E-state index is 14.3. The second-order valence-corrected chi connectivity index (χ2v) is 24.5. The number of ether oxygens (including phenoxy) is 2. The molecule has 6 heterocycles. The van der Waals surface area contributed by atoms with Gasteiger partial charge < -0.3 is 23.2 Å². The standard InChI is InChI=1S/C76H44BN7O4S/c78-45-46-31-39-53(40-32-46)89(85,86)54-41-37-51(38-42-54)83-61-27-13-8-22-56(61)68-72(83)67-55-21-7-12-26-60(55)82(50-35-33-49(34-36-50)76-80-74(47-17-3-1-4-18-47)79-75(81-76)48-19-5-2-6-20-48)71(67)69-57-23-9-14-28-62(57)84(73(68)69)52-43-65-70-66(44-52)88-64-30-16-11-25-59(64)77(70)58-24-10-15-29-63(58)87-65/h1-44H. The highest BCUT2D eigenvalue weighted by atomic mass is 32.2. The van der Waals surface area contributed by atoms with Crippen molar-refractivity contribution in [2.75, 3.05) is 0 Å². The number of hydrogen-bond donors (Lipinski definition) is 0. The number of benzene rings is 12. The molecule has 0 spiro atoms. The number of fused-ring (bicyclic) bond motifs is 16. The van der Waals surface area contributed by atoms with Crippen LogP contribution in [0.5, 0.6) is 23.0 Å². The molecule has 0 bridgehead atoms. The van der Waals surface area contributed by atoms with Gasteiger partial charge in [-0.1, -0.05) is 152 Å². The molecule has 12 aromatic carbocycles. The largest absolute Gasteiger partial charge is 0.458 e. The maximum absolute atomic E-state index is 14.3. The molecule has 0 fully saturated rings. The molecule has 0 N–H and O–H groups in total. The smallest absolute Gasteiger partial charge is 0.260 e. The first kappa shape index (κ1) is 50.5. The molecule has 0 saturated heterocycles. The highest BCUT2D eigenvalue weighted by molar-refractivity contribution is 7.91. The van der Waals surface area contributed by atoms with E-state index in [-0.39, 0.29) is 16.5 Å². The van der Waals surface area contributed by atoms with Crippen LogP contribution >= 0.6 is 0 Å². The third kappa shape index (κ3) is 7.57. The van der Waals surface area contributed by atoms with Gasteiger partial charge in [0.05, 0.1) is 60.2 Å². The number of hydrogen-bond acceptors (Lipinski definition) is 8. The molecule has 416 valence electrons. The highest BCUT2D eigenvalue weighted by Gasteiger charge is 2.41. The van der Waals surface area contributed by atoms with E-state index in [1.54, 1.807) is 12.1 Å². The van der Waals surface area contributed by atoms with Gasteiger partial charge in [0.25, 0.3) is 6.71 Å². The Bertz CT molecular complexity index is 5690. The van der Waals surface area contributed by atoms with Gasteiger partial charge in [-0.2, -0.15) is 5.26 Å². The lowest BCUT2D eigenvalue weighted by Crippen LogP contribution is -2.57. The molecule has 0 aliphatic carbocycles. The van der Waals surface area contributed by atoms with E-state index in [1.807, 2.05) is 97.1 Å². The first-order valence-electron chi connectivity index (χ1n) is 29.3. The van der Waals surface area contributed by atoms with Crippen molar-refractivity contribution in [1.29, 1.82) is 5.26 Å². The predicted octanol–water partition coefficient (Wildman–Crippen LogP) is 15.6. The number of rotatable bonds is 8. The predicted molar refractivity (Wildman–Crippen MR) is 353 cm³/mol. The molecule has 4 aromatic heterocycles. The van der Waals surface area contributed by atoms with Crippen LogP contribution in [0.15, 0.2) is 277 Å². The first-order chi connectivity index (χ1) is 43.9. The summed E-state index contributed by atoms with van der Waals surface area (Å²) in [6.07, 6.45) is 0. The molecule has 0 atom stereocenters. The van der Waals surface area contributed by atoms with Gasteiger partial charge >= 0.3 is 0 Å². The van der Waals surface area contributed by atoms with Gasteiger partial charge in [0.2, 0.25) is 9.84 Å². The summed E-state index contributed by atoms with van der Waals surface area (Å²) in [4.78, 5) is 15.4. The molecular formula is C76H44BN7O4S. The van der Waals surface area contributed by atoms with E-state index in [0.717, 1.165) is 139 Å². The number of sulfone groups is 1. The van der Waals surface area contributed by atoms with E-state index in [9.17, 15) is 13.7 Å². The first-order valence-corrected chi connectivity index (χ1v) is 30.8. The molecule has 16 aromatic rings. The Labute approximate surface area is 509 Å². The zero-order chi connectivity index (χ0) is 59.1. The highest BCUT2D eigenvalue weighted by Crippen LogP contribution is 2.51. The zero-order valence-corrected chi connectivity index (χ0v) is 48.0.